The summed E-state index contributed by atoms with van der Waals surface area (Å²) in [6.45, 7) is 3.30. The average molecular weight is 402 g/mol. The number of carboxylic acid groups (broad SMARTS) is 1. The number of anilines is 1. The molecule has 0 aliphatic carbocycles. The minimum Gasteiger partial charge on any atom is -0.465 e. The Balaban J connectivity index is 2.15. The molecule has 1 N–H and O–H groups in total. The first kappa shape index (κ1) is 19.4. The van der Waals surface area contributed by atoms with E-state index in [2.05, 4.69) is 5.16 Å². The van der Waals surface area contributed by atoms with E-state index in [9.17, 15) is 20.0 Å². The maximum Gasteiger partial charge on any atom is 0.412 e. The highest BCUT2D eigenvalue weighted by Gasteiger charge is 2.31. The van der Waals surface area contributed by atoms with Crippen LogP contribution in [-0.2, 0) is 0 Å². The van der Waals surface area contributed by atoms with Gasteiger partial charge in [0.25, 0.3) is 5.69 Å². The minimum atomic E-state index is -1.23. The summed E-state index contributed by atoms with van der Waals surface area (Å²) in [5.74, 6) is 0.127. The van der Waals surface area contributed by atoms with Gasteiger partial charge in [-0.1, -0.05) is 47.1 Å². The predicted octanol–water partition coefficient (Wildman–Crippen LogP) is 5.46. The van der Waals surface area contributed by atoms with Gasteiger partial charge in [0.15, 0.2) is 5.76 Å². The molecule has 0 saturated heterocycles. The number of carbonyl (C=O) groups is 1. The smallest absolute Gasteiger partial charge is 0.412 e. The van der Waals surface area contributed by atoms with Gasteiger partial charge in [-0.25, -0.2) is 4.79 Å². The van der Waals surface area contributed by atoms with Gasteiger partial charge >= 0.3 is 6.09 Å². The second kappa shape index (κ2) is 7.69. The predicted molar refractivity (Wildman–Crippen MR) is 104 cm³/mol. The van der Waals surface area contributed by atoms with E-state index in [1.54, 1.807) is 44.2 Å². The molecule has 1 atom stereocenters. The summed E-state index contributed by atoms with van der Waals surface area (Å²) in [5, 5.41) is 25.3. The Hall–Kier alpha value is -3.39. The third kappa shape index (κ3) is 3.54. The molecule has 0 aliphatic heterocycles. The monoisotopic (exact) mass is 401 g/mol. The number of rotatable bonds is 5. The van der Waals surface area contributed by atoms with Gasteiger partial charge < -0.3 is 9.63 Å². The van der Waals surface area contributed by atoms with Gasteiger partial charge in [-0.3, -0.25) is 15.0 Å². The second-order valence-corrected chi connectivity index (χ2v) is 6.51. The van der Waals surface area contributed by atoms with E-state index in [1.807, 2.05) is 0 Å². The Morgan fingerprint density at radius 1 is 1.29 bits per heavy atom. The molecule has 0 saturated carbocycles. The molecule has 1 heterocycles. The van der Waals surface area contributed by atoms with Crippen LogP contribution in [0.5, 0.6) is 0 Å². The van der Waals surface area contributed by atoms with Crippen LogP contribution in [-0.4, -0.2) is 21.3 Å². The molecule has 0 aliphatic rings. The van der Waals surface area contributed by atoms with E-state index < -0.39 is 17.1 Å². The first-order valence-corrected chi connectivity index (χ1v) is 8.66. The number of nitro benzene ring substituents is 1. The zero-order chi connectivity index (χ0) is 20.4. The normalized spacial score (nSPS) is 11.8. The molecule has 9 heteroatoms. The highest BCUT2D eigenvalue weighted by atomic mass is 35.5. The molecule has 0 fully saturated rings. The molecule has 144 valence electrons. The lowest BCUT2D eigenvalue weighted by Crippen LogP contribution is -2.33. The molecule has 0 bridgehead atoms. The fourth-order valence-corrected chi connectivity index (χ4v) is 3.30. The third-order valence-corrected chi connectivity index (χ3v) is 4.68. The van der Waals surface area contributed by atoms with E-state index in [1.165, 1.54) is 18.2 Å². The summed E-state index contributed by atoms with van der Waals surface area (Å²) >= 11 is 6.25. The van der Waals surface area contributed by atoms with Crippen molar-refractivity contribution in [2.75, 3.05) is 4.90 Å². The van der Waals surface area contributed by atoms with Crippen molar-refractivity contribution in [3.63, 3.8) is 0 Å². The third-order valence-electron chi connectivity index (χ3n) is 4.34. The topological polar surface area (TPSA) is 110 Å². The van der Waals surface area contributed by atoms with Gasteiger partial charge in [0.05, 0.1) is 11.0 Å². The molecule has 1 amide bonds. The molecular formula is C19H16ClN3O5. The van der Waals surface area contributed by atoms with E-state index in [-0.39, 0.29) is 17.1 Å². The number of hydrogen-bond donors (Lipinski definition) is 1. The molecule has 3 aromatic rings. The lowest BCUT2D eigenvalue weighted by molar-refractivity contribution is -0.384. The van der Waals surface area contributed by atoms with Crippen molar-refractivity contribution in [3.05, 3.63) is 74.9 Å². The van der Waals surface area contributed by atoms with Crippen molar-refractivity contribution < 1.29 is 19.3 Å². The summed E-state index contributed by atoms with van der Waals surface area (Å²) in [4.78, 5) is 23.8. The molecule has 1 unspecified atom stereocenters. The molecule has 1 aromatic heterocycles. The molecule has 0 spiro atoms. The molecule has 0 radical (unpaired) electrons. The summed E-state index contributed by atoms with van der Waals surface area (Å²) in [6, 6.07) is 12.0. The van der Waals surface area contributed by atoms with Crippen molar-refractivity contribution in [3.8, 4) is 11.3 Å². The number of nitro groups is 1. The fraction of sp³-hybridized carbons (Fsp3) is 0.158. The highest BCUT2D eigenvalue weighted by molar-refractivity contribution is 6.31. The Morgan fingerprint density at radius 2 is 2.00 bits per heavy atom. The first-order valence-electron chi connectivity index (χ1n) is 8.29. The van der Waals surface area contributed by atoms with Crippen molar-refractivity contribution >= 4 is 29.1 Å². The number of nitrogens with zero attached hydrogens (tertiary/aromatic N) is 3. The molecule has 2 aromatic carbocycles. The summed E-state index contributed by atoms with van der Waals surface area (Å²) in [7, 11) is 0. The quantitative estimate of drug-likeness (QED) is 0.449. The Morgan fingerprint density at radius 3 is 2.64 bits per heavy atom. The number of benzene rings is 2. The van der Waals surface area contributed by atoms with Crippen LogP contribution in [0.3, 0.4) is 0 Å². The molecule has 28 heavy (non-hydrogen) atoms. The van der Waals surface area contributed by atoms with Crippen LogP contribution in [0.2, 0.25) is 5.02 Å². The number of amides is 1. The van der Waals surface area contributed by atoms with E-state index in [0.29, 0.717) is 21.8 Å². The Labute approximate surface area is 165 Å². The number of hydrogen-bond acceptors (Lipinski definition) is 5. The van der Waals surface area contributed by atoms with Crippen LogP contribution in [0.1, 0.15) is 24.2 Å². The number of aromatic nitrogens is 1. The van der Waals surface area contributed by atoms with Crippen LogP contribution in [0.4, 0.5) is 16.2 Å². The van der Waals surface area contributed by atoms with E-state index in [4.69, 9.17) is 16.1 Å². The molecule has 8 nitrogen and oxygen atoms in total. The van der Waals surface area contributed by atoms with Crippen LogP contribution < -0.4 is 4.90 Å². The van der Waals surface area contributed by atoms with Gasteiger partial charge in [-0.2, -0.15) is 0 Å². The van der Waals surface area contributed by atoms with Crippen LogP contribution in [0.25, 0.3) is 11.3 Å². The Bertz CT molecular complexity index is 1050. The lowest BCUT2D eigenvalue weighted by Gasteiger charge is -2.27. The van der Waals surface area contributed by atoms with Crippen LogP contribution in [0.15, 0.2) is 53.1 Å². The fourth-order valence-electron chi connectivity index (χ4n) is 3.01. The van der Waals surface area contributed by atoms with Gasteiger partial charge in [-0.05, 0) is 25.5 Å². The maximum absolute atomic E-state index is 12.1. The summed E-state index contributed by atoms with van der Waals surface area (Å²) in [5.41, 5.74) is 1.36. The van der Waals surface area contributed by atoms with Gasteiger partial charge in [0.2, 0.25) is 0 Å². The van der Waals surface area contributed by atoms with Gasteiger partial charge in [0.1, 0.15) is 11.4 Å². The van der Waals surface area contributed by atoms with E-state index in [0.717, 1.165) is 4.90 Å². The SMILES string of the molecule is Cc1noc(-c2cccc([N+](=O)[O-])c2)c1N(C(=O)O)C(C)c1ccccc1Cl. The zero-order valence-corrected chi connectivity index (χ0v) is 15.8. The minimum absolute atomic E-state index is 0.127. The van der Waals surface area contributed by atoms with Gasteiger partial charge in [-0.15, -0.1) is 0 Å². The second-order valence-electron chi connectivity index (χ2n) is 6.10. The van der Waals surface area contributed by atoms with Gasteiger partial charge in [0, 0.05) is 22.7 Å². The lowest BCUT2D eigenvalue weighted by atomic mass is 10.0. The summed E-state index contributed by atoms with van der Waals surface area (Å²) < 4.78 is 5.35. The molecule has 3 rings (SSSR count). The largest absolute Gasteiger partial charge is 0.465 e. The van der Waals surface area contributed by atoms with Crippen molar-refractivity contribution in [1.29, 1.82) is 0 Å². The van der Waals surface area contributed by atoms with E-state index >= 15 is 0 Å². The molecular weight excluding hydrogens is 386 g/mol. The number of aryl methyl sites for hydroxylation is 1. The number of halogens is 1. The average Bonchev–Trinajstić information content (AvgIpc) is 3.03. The van der Waals surface area contributed by atoms with Crippen molar-refractivity contribution in [2.24, 2.45) is 0 Å². The Kier molecular flexibility index (Phi) is 5.32. The summed E-state index contributed by atoms with van der Waals surface area (Å²) in [6.07, 6.45) is -1.23. The maximum atomic E-state index is 12.1. The first-order chi connectivity index (χ1) is 13.3. The number of non-ortho nitro benzene ring substituents is 1. The van der Waals surface area contributed by atoms with Crippen molar-refractivity contribution in [2.45, 2.75) is 19.9 Å². The standard InChI is InChI=1S/C19H16ClN3O5/c1-11-17(18(28-21-11)13-6-5-7-14(10-13)23(26)27)22(19(24)25)12(2)15-8-3-4-9-16(15)20/h3-10,12H,1-2H3,(H,24,25). The van der Waals surface area contributed by atoms with Crippen LogP contribution in [0, 0.1) is 17.0 Å². The van der Waals surface area contributed by atoms with Crippen molar-refractivity contribution in [1.82, 2.24) is 5.16 Å². The zero-order valence-electron chi connectivity index (χ0n) is 15.0. The highest BCUT2D eigenvalue weighted by Crippen LogP contribution is 2.40. The van der Waals surface area contributed by atoms with Crippen LogP contribution >= 0.6 is 11.6 Å².